The van der Waals surface area contributed by atoms with Crippen molar-refractivity contribution in [3.05, 3.63) is 21.6 Å². The first-order valence-electron chi connectivity index (χ1n) is 4.88. The molecule has 0 saturated carbocycles. The summed E-state index contributed by atoms with van der Waals surface area (Å²) in [6, 6.07) is -0.0656. The van der Waals surface area contributed by atoms with Crippen LogP contribution >= 0.6 is 0 Å². The number of carbonyl (C=O) groups is 1. The first kappa shape index (κ1) is 12.2. The molecule has 7 nitrogen and oxygen atoms in total. The molecule has 0 aliphatic rings. The van der Waals surface area contributed by atoms with E-state index in [1.807, 2.05) is 6.92 Å². The average molecular weight is 227 g/mol. The minimum Gasteiger partial charge on any atom is -0.353 e. The fraction of sp³-hybridized carbons (Fsp3) is 0.556. The Morgan fingerprint density at radius 2 is 2.31 bits per heavy atom. The van der Waals surface area contributed by atoms with Crippen LogP contribution in [0.2, 0.25) is 0 Å². The van der Waals surface area contributed by atoms with E-state index in [2.05, 4.69) is 15.0 Å². The summed E-state index contributed by atoms with van der Waals surface area (Å²) in [5.41, 5.74) is -0.649. The van der Waals surface area contributed by atoms with Gasteiger partial charge in [0.05, 0.1) is 4.92 Å². The van der Waals surface area contributed by atoms with Gasteiger partial charge in [0, 0.05) is 13.0 Å². The maximum Gasteiger partial charge on any atom is 0.344 e. The van der Waals surface area contributed by atoms with Gasteiger partial charge >= 0.3 is 5.69 Å². The molecule has 0 spiro atoms. The highest BCUT2D eigenvalue weighted by Gasteiger charge is 2.29. The van der Waals surface area contributed by atoms with Gasteiger partial charge in [0.15, 0.2) is 0 Å². The second-order valence-corrected chi connectivity index (χ2v) is 3.48. The average Bonchev–Trinajstić information content (AvgIpc) is 2.59. The summed E-state index contributed by atoms with van der Waals surface area (Å²) in [7, 11) is 0. The maximum absolute atomic E-state index is 11.6. The van der Waals surface area contributed by atoms with Crippen molar-refractivity contribution >= 4 is 11.6 Å². The van der Waals surface area contributed by atoms with Crippen LogP contribution in [-0.2, 0) is 0 Å². The predicted octanol–water partition coefficient (Wildman–Crippen LogP) is 1.42. The molecule has 0 bridgehead atoms. The number of amides is 1. The van der Waals surface area contributed by atoms with Crippen LogP contribution in [0.15, 0.2) is 4.52 Å². The summed E-state index contributed by atoms with van der Waals surface area (Å²) >= 11 is 0. The zero-order valence-corrected chi connectivity index (χ0v) is 9.31. The number of aryl methyl sites for hydroxylation is 1. The molecule has 0 aliphatic heterocycles. The second-order valence-electron chi connectivity index (χ2n) is 3.48. The zero-order valence-electron chi connectivity index (χ0n) is 9.31. The van der Waals surface area contributed by atoms with Gasteiger partial charge in [-0.3, -0.25) is 14.9 Å². The Bertz CT molecular complexity index is 413. The van der Waals surface area contributed by atoms with E-state index in [-0.39, 0.29) is 23.2 Å². The molecule has 0 unspecified atom stereocenters. The van der Waals surface area contributed by atoms with E-state index in [0.717, 1.165) is 6.42 Å². The number of hydrogen-bond donors (Lipinski definition) is 1. The Kier molecular flexibility index (Phi) is 3.60. The van der Waals surface area contributed by atoms with Crippen LogP contribution in [0, 0.1) is 17.0 Å². The van der Waals surface area contributed by atoms with Gasteiger partial charge in [0.2, 0.25) is 11.5 Å². The van der Waals surface area contributed by atoms with E-state index in [1.54, 1.807) is 6.92 Å². The number of nitrogens with one attached hydrogen (secondary N) is 1. The lowest BCUT2D eigenvalue weighted by atomic mass is 10.2. The number of rotatable bonds is 4. The van der Waals surface area contributed by atoms with E-state index in [9.17, 15) is 14.9 Å². The molecule has 16 heavy (non-hydrogen) atoms. The minimum absolute atomic E-state index is 0.0271. The normalized spacial score (nSPS) is 12.2. The summed E-state index contributed by atoms with van der Waals surface area (Å²) < 4.78 is 4.64. The molecule has 1 aromatic rings. The van der Waals surface area contributed by atoms with Crippen LogP contribution in [-0.4, -0.2) is 22.0 Å². The van der Waals surface area contributed by atoms with E-state index in [1.165, 1.54) is 6.92 Å². The van der Waals surface area contributed by atoms with Gasteiger partial charge in [-0.25, -0.2) is 0 Å². The van der Waals surface area contributed by atoms with E-state index < -0.39 is 10.8 Å². The van der Waals surface area contributed by atoms with Crippen LogP contribution < -0.4 is 5.32 Å². The number of aromatic nitrogens is 1. The standard InChI is InChI=1S/C9H13N3O4/c1-4-5(2)10-9(13)7-8(12(14)15)6(3)16-11-7/h5H,4H2,1-3H3,(H,10,13)/t5-/m1/s1. The lowest BCUT2D eigenvalue weighted by Gasteiger charge is -2.08. The molecule has 0 fully saturated rings. The first-order chi connectivity index (χ1) is 7.47. The fourth-order valence-electron chi connectivity index (χ4n) is 1.13. The third-order valence-electron chi connectivity index (χ3n) is 2.22. The molecule has 88 valence electrons. The molecule has 1 amide bonds. The minimum atomic E-state index is -0.669. The fourth-order valence-corrected chi connectivity index (χ4v) is 1.13. The second kappa shape index (κ2) is 4.73. The van der Waals surface area contributed by atoms with Gasteiger partial charge in [-0.15, -0.1) is 0 Å². The summed E-state index contributed by atoms with van der Waals surface area (Å²) in [6.07, 6.45) is 0.733. The largest absolute Gasteiger partial charge is 0.353 e. The summed E-state index contributed by atoms with van der Waals surface area (Å²) in [4.78, 5) is 21.6. The molecule has 1 atom stereocenters. The first-order valence-corrected chi connectivity index (χ1v) is 4.88. The Hall–Kier alpha value is -1.92. The van der Waals surface area contributed by atoms with Crippen LogP contribution in [0.4, 0.5) is 5.69 Å². The van der Waals surface area contributed by atoms with Crippen molar-refractivity contribution in [2.24, 2.45) is 0 Å². The quantitative estimate of drug-likeness (QED) is 0.619. The Balaban J connectivity index is 2.96. The Labute approximate surface area is 92.0 Å². The molecule has 1 heterocycles. The third-order valence-corrected chi connectivity index (χ3v) is 2.22. The molecule has 7 heteroatoms. The van der Waals surface area contributed by atoms with Crippen molar-refractivity contribution in [2.75, 3.05) is 0 Å². The molecular weight excluding hydrogens is 214 g/mol. The summed E-state index contributed by atoms with van der Waals surface area (Å²) in [5.74, 6) is -0.558. The number of nitrogens with zero attached hydrogens (tertiary/aromatic N) is 2. The van der Waals surface area contributed by atoms with Crippen molar-refractivity contribution in [1.29, 1.82) is 0 Å². The molecular formula is C9H13N3O4. The highest BCUT2D eigenvalue weighted by atomic mass is 16.6. The van der Waals surface area contributed by atoms with Crippen molar-refractivity contribution in [3.8, 4) is 0 Å². The molecule has 0 radical (unpaired) electrons. The van der Waals surface area contributed by atoms with Crippen molar-refractivity contribution in [2.45, 2.75) is 33.2 Å². The van der Waals surface area contributed by atoms with Crippen molar-refractivity contribution in [3.63, 3.8) is 0 Å². The monoisotopic (exact) mass is 227 g/mol. The molecule has 1 N–H and O–H groups in total. The SMILES string of the molecule is CC[C@@H](C)NC(=O)c1noc(C)c1[N+](=O)[O-]. The Morgan fingerprint density at radius 3 is 2.81 bits per heavy atom. The highest BCUT2D eigenvalue weighted by Crippen LogP contribution is 2.22. The summed E-state index contributed by atoms with van der Waals surface area (Å²) in [6.45, 7) is 5.09. The zero-order chi connectivity index (χ0) is 12.3. The van der Waals surface area contributed by atoms with Crippen LogP contribution in [0.25, 0.3) is 0 Å². The molecule has 0 aliphatic carbocycles. The van der Waals surface area contributed by atoms with Crippen LogP contribution in [0.1, 0.15) is 36.5 Å². The van der Waals surface area contributed by atoms with E-state index in [4.69, 9.17) is 0 Å². The molecule has 0 saturated heterocycles. The highest BCUT2D eigenvalue weighted by molar-refractivity contribution is 5.96. The van der Waals surface area contributed by atoms with Gasteiger partial charge in [-0.1, -0.05) is 12.1 Å². The van der Waals surface area contributed by atoms with Crippen LogP contribution in [0.3, 0.4) is 0 Å². The molecule has 1 rings (SSSR count). The predicted molar refractivity (Wildman–Crippen MR) is 55.1 cm³/mol. The molecule has 1 aromatic heterocycles. The van der Waals surface area contributed by atoms with Gasteiger partial charge in [0.25, 0.3) is 5.91 Å². The van der Waals surface area contributed by atoms with E-state index >= 15 is 0 Å². The summed E-state index contributed by atoms with van der Waals surface area (Å²) in [5, 5.41) is 16.7. The van der Waals surface area contributed by atoms with Gasteiger partial charge in [-0.2, -0.15) is 0 Å². The van der Waals surface area contributed by atoms with E-state index in [0.29, 0.717) is 0 Å². The smallest absolute Gasteiger partial charge is 0.344 e. The van der Waals surface area contributed by atoms with Crippen molar-refractivity contribution in [1.82, 2.24) is 10.5 Å². The Morgan fingerprint density at radius 1 is 1.69 bits per heavy atom. The maximum atomic E-state index is 11.6. The molecule has 0 aromatic carbocycles. The van der Waals surface area contributed by atoms with Crippen LogP contribution in [0.5, 0.6) is 0 Å². The number of hydrogen-bond acceptors (Lipinski definition) is 5. The lowest BCUT2D eigenvalue weighted by molar-refractivity contribution is -0.386. The van der Waals surface area contributed by atoms with Crippen molar-refractivity contribution < 1.29 is 14.2 Å². The van der Waals surface area contributed by atoms with Gasteiger partial charge < -0.3 is 9.84 Å². The van der Waals surface area contributed by atoms with Gasteiger partial charge in [-0.05, 0) is 13.3 Å². The third kappa shape index (κ3) is 2.36. The number of carbonyl (C=O) groups excluding carboxylic acids is 1. The van der Waals surface area contributed by atoms with Gasteiger partial charge in [0.1, 0.15) is 0 Å². The lowest BCUT2D eigenvalue weighted by Crippen LogP contribution is -2.32. The topological polar surface area (TPSA) is 98.3 Å². The number of nitro groups is 1.